The monoisotopic (exact) mass is 269 g/mol. The average molecular weight is 269 g/mol. The number of aromatic nitrogens is 1. The Morgan fingerprint density at radius 1 is 1.35 bits per heavy atom. The van der Waals surface area contributed by atoms with Gasteiger partial charge in [0.2, 0.25) is 0 Å². The highest BCUT2D eigenvalue weighted by atomic mass is 16.4. The summed E-state index contributed by atoms with van der Waals surface area (Å²) in [4.78, 5) is 15.4. The van der Waals surface area contributed by atoms with Crippen molar-refractivity contribution in [1.82, 2.24) is 4.98 Å². The maximum atomic E-state index is 10.7. The first-order valence-corrected chi connectivity index (χ1v) is 6.86. The molecule has 0 aliphatic rings. The summed E-state index contributed by atoms with van der Waals surface area (Å²) < 4.78 is 0. The Morgan fingerprint density at radius 2 is 2.10 bits per heavy atom. The molecule has 0 saturated carbocycles. The quantitative estimate of drug-likeness (QED) is 0.853. The number of fused-ring (bicyclic) bond motifs is 1. The van der Waals surface area contributed by atoms with E-state index in [1.165, 1.54) is 11.6 Å². The second-order valence-electron chi connectivity index (χ2n) is 5.17. The van der Waals surface area contributed by atoms with Crippen molar-refractivity contribution in [2.45, 2.75) is 33.1 Å². The molecule has 1 heterocycles. The molecule has 0 bridgehead atoms. The largest absolute Gasteiger partial charge is 0.478 e. The number of aliphatic carboxylic acids is 1. The van der Waals surface area contributed by atoms with Gasteiger partial charge in [-0.25, -0.2) is 4.79 Å². The van der Waals surface area contributed by atoms with Gasteiger partial charge in [0.25, 0.3) is 0 Å². The van der Waals surface area contributed by atoms with Crippen LogP contribution < -0.4 is 0 Å². The van der Waals surface area contributed by atoms with Crippen LogP contribution in [0, 0.1) is 0 Å². The van der Waals surface area contributed by atoms with Crippen molar-refractivity contribution in [3.8, 4) is 0 Å². The van der Waals surface area contributed by atoms with Gasteiger partial charge in [-0.15, -0.1) is 0 Å². The van der Waals surface area contributed by atoms with Crippen molar-refractivity contribution < 1.29 is 9.90 Å². The number of carbonyl (C=O) groups is 1. The fraction of sp³-hybridized carbons (Fsp3) is 0.294. The molecular formula is C17H19NO2. The minimum absolute atomic E-state index is 0.308. The molecule has 1 N–H and O–H groups in total. The predicted octanol–water partition coefficient (Wildman–Crippen LogP) is 4.02. The number of carboxylic acids is 1. The molecule has 2 aromatic rings. The van der Waals surface area contributed by atoms with E-state index in [-0.39, 0.29) is 0 Å². The molecule has 20 heavy (non-hydrogen) atoms. The van der Waals surface area contributed by atoms with Gasteiger partial charge in [-0.2, -0.15) is 0 Å². The number of carboxylic acid groups (broad SMARTS) is 1. The summed E-state index contributed by atoms with van der Waals surface area (Å²) in [6.45, 7) is 6.27. The van der Waals surface area contributed by atoms with Crippen LogP contribution in [0.1, 0.15) is 43.5 Å². The van der Waals surface area contributed by atoms with Gasteiger partial charge in [0, 0.05) is 17.2 Å². The fourth-order valence-electron chi connectivity index (χ4n) is 2.13. The van der Waals surface area contributed by atoms with Crippen LogP contribution >= 0.6 is 0 Å². The highest BCUT2D eigenvalue weighted by Gasteiger charge is 2.08. The highest BCUT2D eigenvalue weighted by molar-refractivity contribution is 5.93. The SMILES string of the molecule is CCc1ccc2nc(C(C)C)cc(/C=C/C(=O)O)c2c1. The molecule has 0 radical (unpaired) electrons. The third-order valence-electron chi connectivity index (χ3n) is 3.33. The summed E-state index contributed by atoms with van der Waals surface area (Å²) in [7, 11) is 0. The molecule has 0 saturated heterocycles. The van der Waals surface area contributed by atoms with Crippen molar-refractivity contribution in [2.24, 2.45) is 0 Å². The van der Waals surface area contributed by atoms with Gasteiger partial charge in [-0.1, -0.05) is 26.8 Å². The van der Waals surface area contributed by atoms with Gasteiger partial charge in [0.15, 0.2) is 0 Å². The summed E-state index contributed by atoms with van der Waals surface area (Å²) in [5.74, 6) is -0.630. The Balaban J connectivity index is 2.68. The van der Waals surface area contributed by atoms with E-state index in [1.54, 1.807) is 6.08 Å². The van der Waals surface area contributed by atoms with Crippen LogP contribution in [0.4, 0.5) is 0 Å². The number of nitrogens with zero attached hydrogens (tertiary/aromatic N) is 1. The zero-order valence-corrected chi connectivity index (χ0v) is 12.1. The fourth-order valence-corrected chi connectivity index (χ4v) is 2.13. The summed E-state index contributed by atoms with van der Waals surface area (Å²) in [6, 6.07) is 8.15. The van der Waals surface area contributed by atoms with E-state index in [9.17, 15) is 4.79 Å². The third kappa shape index (κ3) is 3.05. The predicted molar refractivity (Wildman–Crippen MR) is 81.9 cm³/mol. The van der Waals surface area contributed by atoms with E-state index in [4.69, 9.17) is 5.11 Å². The lowest BCUT2D eigenvalue weighted by atomic mass is 10.0. The molecule has 3 heteroatoms. The summed E-state index contributed by atoms with van der Waals surface area (Å²) >= 11 is 0. The molecule has 3 nitrogen and oxygen atoms in total. The van der Waals surface area contributed by atoms with E-state index in [0.717, 1.165) is 28.6 Å². The number of benzene rings is 1. The van der Waals surface area contributed by atoms with Crippen LogP contribution in [-0.4, -0.2) is 16.1 Å². The van der Waals surface area contributed by atoms with Crippen LogP contribution in [0.25, 0.3) is 17.0 Å². The topological polar surface area (TPSA) is 50.2 Å². The molecule has 0 aliphatic heterocycles. The third-order valence-corrected chi connectivity index (χ3v) is 3.33. The lowest BCUT2D eigenvalue weighted by Gasteiger charge is -2.10. The smallest absolute Gasteiger partial charge is 0.328 e. The number of pyridine rings is 1. The molecule has 0 fully saturated rings. The normalized spacial score (nSPS) is 11.6. The molecule has 0 unspecified atom stereocenters. The molecule has 104 valence electrons. The van der Waals surface area contributed by atoms with E-state index in [1.807, 2.05) is 12.1 Å². The van der Waals surface area contributed by atoms with Crippen LogP contribution in [0.2, 0.25) is 0 Å². The minimum atomic E-state index is -0.937. The maximum Gasteiger partial charge on any atom is 0.328 e. The average Bonchev–Trinajstić information content (AvgIpc) is 2.43. The van der Waals surface area contributed by atoms with Gasteiger partial charge < -0.3 is 5.11 Å². The van der Waals surface area contributed by atoms with Crippen molar-refractivity contribution in [3.05, 3.63) is 47.2 Å². The summed E-state index contributed by atoms with van der Waals surface area (Å²) in [6.07, 6.45) is 3.78. The van der Waals surface area contributed by atoms with Crippen molar-refractivity contribution in [2.75, 3.05) is 0 Å². The second kappa shape index (κ2) is 5.87. The van der Waals surface area contributed by atoms with Gasteiger partial charge >= 0.3 is 5.97 Å². The van der Waals surface area contributed by atoms with E-state index >= 15 is 0 Å². The first kappa shape index (κ1) is 14.3. The van der Waals surface area contributed by atoms with Crippen LogP contribution in [-0.2, 0) is 11.2 Å². The van der Waals surface area contributed by atoms with Crippen LogP contribution in [0.5, 0.6) is 0 Å². The Labute approximate surface area is 119 Å². The highest BCUT2D eigenvalue weighted by Crippen LogP contribution is 2.24. The number of aryl methyl sites for hydroxylation is 1. The van der Waals surface area contributed by atoms with Crippen molar-refractivity contribution in [1.29, 1.82) is 0 Å². The standard InChI is InChI=1S/C17H19NO2/c1-4-12-5-7-15-14(9-12)13(6-8-17(19)20)10-16(18-15)11(2)3/h5-11H,4H2,1-3H3,(H,19,20)/b8-6+. The molecule has 0 aliphatic carbocycles. The van der Waals surface area contributed by atoms with Gasteiger partial charge in [0.05, 0.1) is 5.52 Å². The molecule has 0 amide bonds. The zero-order valence-electron chi connectivity index (χ0n) is 12.1. The Hall–Kier alpha value is -2.16. The van der Waals surface area contributed by atoms with E-state index in [0.29, 0.717) is 5.92 Å². The molecule has 0 atom stereocenters. The van der Waals surface area contributed by atoms with E-state index < -0.39 is 5.97 Å². The van der Waals surface area contributed by atoms with Gasteiger partial charge in [0.1, 0.15) is 0 Å². The lowest BCUT2D eigenvalue weighted by molar-refractivity contribution is -0.131. The summed E-state index contributed by atoms with van der Waals surface area (Å²) in [5, 5.41) is 9.83. The lowest BCUT2D eigenvalue weighted by Crippen LogP contribution is -1.96. The first-order valence-electron chi connectivity index (χ1n) is 6.86. The molecule has 1 aromatic heterocycles. The van der Waals surface area contributed by atoms with Crippen molar-refractivity contribution >= 4 is 22.9 Å². The first-order chi connectivity index (χ1) is 9.51. The Bertz CT molecular complexity index is 672. The minimum Gasteiger partial charge on any atom is -0.478 e. The maximum absolute atomic E-state index is 10.7. The summed E-state index contributed by atoms with van der Waals surface area (Å²) in [5.41, 5.74) is 4.03. The van der Waals surface area contributed by atoms with Gasteiger partial charge in [-0.05, 0) is 47.7 Å². The number of hydrogen-bond acceptors (Lipinski definition) is 2. The molecular weight excluding hydrogens is 250 g/mol. The number of hydrogen-bond donors (Lipinski definition) is 1. The van der Waals surface area contributed by atoms with E-state index in [2.05, 4.69) is 37.9 Å². The van der Waals surface area contributed by atoms with Crippen LogP contribution in [0.15, 0.2) is 30.3 Å². The Kier molecular flexibility index (Phi) is 4.18. The number of rotatable bonds is 4. The zero-order chi connectivity index (χ0) is 14.7. The molecule has 0 spiro atoms. The Morgan fingerprint density at radius 3 is 2.70 bits per heavy atom. The second-order valence-corrected chi connectivity index (χ2v) is 5.17. The van der Waals surface area contributed by atoms with Crippen molar-refractivity contribution in [3.63, 3.8) is 0 Å². The van der Waals surface area contributed by atoms with Gasteiger partial charge in [-0.3, -0.25) is 4.98 Å². The molecule has 2 rings (SSSR count). The molecule has 1 aromatic carbocycles. The van der Waals surface area contributed by atoms with Crippen LogP contribution in [0.3, 0.4) is 0 Å².